The maximum absolute atomic E-state index is 14.3. The number of likely N-dealkylation sites (N-methyl/N-ethyl adjacent to an activating group) is 2. The molecule has 3 aromatic carbocycles. The van der Waals surface area contributed by atoms with Gasteiger partial charge in [0.1, 0.15) is 35.6 Å². The van der Waals surface area contributed by atoms with Gasteiger partial charge in [0, 0.05) is 25.2 Å². The van der Waals surface area contributed by atoms with E-state index in [9.17, 15) is 28.8 Å². The minimum Gasteiger partial charge on any atom is -0.343 e. The number of nitrogens with one attached hydrogen (secondary N) is 6. The summed E-state index contributed by atoms with van der Waals surface area (Å²) < 4.78 is 3.68. The third-order valence-electron chi connectivity index (χ3n) is 17.3. The number of nitrogens with zero attached hydrogens (tertiary/aromatic N) is 8. The van der Waals surface area contributed by atoms with Crippen LogP contribution in [0.25, 0.3) is 0 Å². The van der Waals surface area contributed by atoms with Gasteiger partial charge in [-0.3, -0.25) is 38.1 Å². The van der Waals surface area contributed by atoms with E-state index in [2.05, 4.69) is 76.8 Å². The zero-order chi connectivity index (χ0) is 57.5. The molecule has 0 aliphatic carbocycles. The molecule has 2 unspecified atom stereocenters. The molecule has 4 aliphatic heterocycles. The predicted molar refractivity (Wildman–Crippen MR) is 310 cm³/mol. The highest BCUT2D eigenvalue weighted by atomic mass is 16.2. The quantitative estimate of drug-likeness (QED) is 0.0427. The van der Waals surface area contributed by atoms with Crippen LogP contribution < -0.4 is 31.9 Å². The van der Waals surface area contributed by atoms with Gasteiger partial charge in [-0.1, -0.05) is 121 Å². The number of aryl methyl sites for hydroxylation is 4. The number of benzene rings is 3. The second-order valence-corrected chi connectivity index (χ2v) is 22.9. The van der Waals surface area contributed by atoms with Crippen molar-refractivity contribution in [3.63, 3.8) is 0 Å². The number of carbonyl (C=O) groups excluding carboxylic acids is 6. The number of fused-ring (bicyclic) bond motifs is 2. The lowest BCUT2D eigenvalue weighted by atomic mass is 9.98. The predicted octanol–water partition coefficient (Wildman–Crippen LogP) is 5.38. The zero-order valence-electron chi connectivity index (χ0n) is 48.2. The third-order valence-corrected chi connectivity index (χ3v) is 17.3. The molecule has 20 heteroatoms. The first kappa shape index (κ1) is 59.3. The Hall–Kier alpha value is -7.32. The van der Waals surface area contributed by atoms with Crippen LogP contribution in [0.4, 0.5) is 0 Å². The number of hydrogen-bond donors (Lipinski definition) is 6. The molecule has 4 saturated heterocycles. The maximum Gasteiger partial charge on any atom is 0.246 e. The summed E-state index contributed by atoms with van der Waals surface area (Å²) in [5, 5.41) is 36.4. The van der Waals surface area contributed by atoms with Crippen molar-refractivity contribution in [2.24, 2.45) is 0 Å². The largest absolute Gasteiger partial charge is 0.343 e. The van der Waals surface area contributed by atoms with Crippen molar-refractivity contribution in [2.75, 3.05) is 14.1 Å². The smallest absolute Gasteiger partial charge is 0.246 e. The number of aromatic nitrogens is 6. The molecule has 0 spiro atoms. The summed E-state index contributed by atoms with van der Waals surface area (Å²) in [5.74, 6) is -1.31. The average Bonchev–Trinajstić information content (AvgIpc) is 4.39. The summed E-state index contributed by atoms with van der Waals surface area (Å²) in [6, 6.07) is 23.5. The van der Waals surface area contributed by atoms with Crippen LogP contribution in [0, 0.1) is 0 Å². The van der Waals surface area contributed by atoms with Gasteiger partial charge >= 0.3 is 0 Å². The van der Waals surface area contributed by atoms with E-state index in [1.807, 2.05) is 82.4 Å². The van der Waals surface area contributed by atoms with E-state index in [1.54, 1.807) is 37.7 Å². The van der Waals surface area contributed by atoms with Crippen molar-refractivity contribution in [3.8, 4) is 0 Å². The Bertz CT molecular complexity index is 2720. The molecule has 0 saturated carbocycles. The summed E-state index contributed by atoms with van der Waals surface area (Å²) in [6.07, 6.45) is 18.2. The summed E-state index contributed by atoms with van der Waals surface area (Å²) >= 11 is 0. The number of unbranched alkanes of at least 4 members (excludes halogenated alkanes) is 2. The van der Waals surface area contributed by atoms with Crippen molar-refractivity contribution >= 4 is 35.4 Å². The highest BCUT2D eigenvalue weighted by molar-refractivity contribution is 5.95. The molecule has 82 heavy (non-hydrogen) atoms. The lowest BCUT2D eigenvalue weighted by Gasteiger charge is -2.36. The minimum atomic E-state index is -0.676. The van der Waals surface area contributed by atoms with Crippen LogP contribution in [-0.4, -0.2) is 138 Å². The molecule has 4 aliphatic rings. The minimum absolute atomic E-state index is 0.0483. The molecule has 6 N–H and O–H groups in total. The summed E-state index contributed by atoms with van der Waals surface area (Å²) in [4.78, 5) is 86.0. The van der Waals surface area contributed by atoms with Crippen LogP contribution in [0.15, 0.2) is 97.3 Å². The summed E-state index contributed by atoms with van der Waals surface area (Å²) in [7, 11) is 3.43. The van der Waals surface area contributed by atoms with Crippen molar-refractivity contribution < 1.29 is 28.8 Å². The molecule has 6 heterocycles. The first-order valence-electron chi connectivity index (χ1n) is 30.1. The Morgan fingerprint density at radius 3 is 1.29 bits per heavy atom. The van der Waals surface area contributed by atoms with Gasteiger partial charge in [0.15, 0.2) is 0 Å². The fraction of sp³-hybridized carbons (Fsp3) is 0.548. The zero-order valence-corrected chi connectivity index (χ0v) is 48.2. The third kappa shape index (κ3) is 14.8. The Kier molecular flexibility index (Phi) is 20.7. The second kappa shape index (κ2) is 28.6. The van der Waals surface area contributed by atoms with Crippen LogP contribution in [0.2, 0.25) is 0 Å². The molecular weight excluding hydrogens is 1040 g/mol. The Morgan fingerprint density at radius 1 is 0.512 bits per heavy atom. The van der Waals surface area contributed by atoms with Crippen LogP contribution in [0.1, 0.15) is 162 Å². The van der Waals surface area contributed by atoms with Gasteiger partial charge < -0.3 is 41.7 Å². The van der Waals surface area contributed by atoms with Gasteiger partial charge in [-0.05, 0) is 140 Å². The Labute approximate surface area is 482 Å². The second-order valence-electron chi connectivity index (χ2n) is 22.9. The van der Waals surface area contributed by atoms with E-state index in [0.717, 1.165) is 101 Å². The molecule has 4 fully saturated rings. The monoisotopic (exact) mass is 1120 g/mol. The Balaban J connectivity index is 0.734. The molecule has 9 rings (SSSR count). The molecule has 0 bridgehead atoms. The van der Waals surface area contributed by atoms with Crippen LogP contribution >= 0.6 is 0 Å². The van der Waals surface area contributed by atoms with Crippen LogP contribution in [-0.2, 0) is 54.7 Å². The number of amides is 6. The fourth-order valence-electron chi connectivity index (χ4n) is 12.3. The molecule has 10 atom stereocenters. The first-order valence-corrected chi connectivity index (χ1v) is 30.1. The molecule has 0 radical (unpaired) electrons. The van der Waals surface area contributed by atoms with Crippen molar-refractivity contribution in [1.29, 1.82) is 0 Å². The van der Waals surface area contributed by atoms with Gasteiger partial charge in [0.05, 0.1) is 36.6 Å². The SMILES string of the molecule is CN[C@@H](C)C(=O)N[C@H]1CCCC[C@H]2CCC(C(=O)N[C@@H](c3ccccc3)c3cn(CCCCc4ccc(CCCCn5cc(C(NC(=O)[C@@H]6CC[C@@H]7CCCC[C@H](NC(=O)[C@H](C)NC)C(=O)N76)c6ccccc6)nn5)cc4)nn3)N2C1=O. The number of carbonyl (C=O) groups is 6. The van der Waals surface area contributed by atoms with Crippen molar-refractivity contribution in [2.45, 2.75) is 203 Å². The van der Waals surface area contributed by atoms with Gasteiger partial charge in [-0.2, -0.15) is 0 Å². The standard InChI is InChI=1S/C62H84N14O6/c1-41(63-3)57(77)65-49-27-13-11-25-47-33-35-53(75(47)61(49)81)59(79)67-55(45-21-7-5-8-22-45)51-39-73(71-69-51)37-17-15-19-43-29-31-44(32-30-43)20-16-18-38-74-40-52(70-72-74)56(46-23-9-6-10-24-46)68-60(80)54-36-34-48-26-12-14-28-50(62(82)76(48)54)66-58(78)42(2)64-4/h5-10,21-24,29-32,39-42,47-50,53-56,63-64H,11-20,25-28,33-38H2,1-4H3,(H,65,77)(H,66,78)(H,67,79)(H,68,80)/t41-,42-,47-,48-,49-,50-,53-,54?,55?,56-/m0/s1. The average molecular weight is 1120 g/mol. The van der Waals surface area contributed by atoms with Crippen molar-refractivity contribution in [3.05, 3.63) is 131 Å². The highest BCUT2D eigenvalue weighted by Gasteiger charge is 2.46. The lowest BCUT2D eigenvalue weighted by molar-refractivity contribution is -0.144. The number of rotatable bonds is 24. The molecular formula is C62H84N14O6. The van der Waals surface area contributed by atoms with E-state index in [0.29, 0.717) is 50.2 Å². The molecule has 2 aromatic heterocycles. The van der Waals surface area contributed by atoms with Crippen LogP contribution in [0.3, 0.4) is 0 Å². The first-order chi connectivity index (χ1) is 39.9. The normalized spacial score (nSPS) is 22.5. The maximum atomic E-state index is 14.3. The van der Waals surface area contributed by atoms with E-state index in [-0.39, 0.29) is 47.5 Å². The molecule has 20 nitrogen and oxygen atoms in total. The highest BCUT2D eigenvalue weighted by Crippen LogP contribution is 2.34. The Morgan fingerprint density at radius 2 is 0.902 bits per heavy atom. The number of hydrogen-bond acceptors (Lipinski definition) is 12. The molecule has 5 aromatic rings. The lowest BCUT2D eigenvalue weighted by Crippen LogP contribution is -2.58. The molecule has 6 amide bonds. The van der Waals surface area contributed by atoms with E-state index < -0.39 is 48.3 Å². The van der Waals surface area contributed by atoms with Crippen molar-refractivity contribution in [1.82, 2.24) is 71.7 Å². The van der Waals surface area contributed by atoms with Gasteiger partial charge in [0.25, 0.3) is 0 Å². The van der Waals surface area contributed by atoms with Gasteiger partial charge in [0.2, 0.25) is 35.4 Å². The van der Waals surface area contributed by atoms with E-state index >= 15 is 0 Å². The summed E-state index contributed by atoms with van der Waals surface area (Å²) in [5.41, 5.74) is 5.53. The molecule has 438 valence electrons. The van der Waals surface area contributed by atoms with Crippen LogP contribution in [0.5, 0.6) is 0 Å². The van der Waals surface area contributed by atoms with E-state index in [1.165, 1.54) is 11.1 Å². The fourth-order valence-corrected chi connectivity index (χ4v) is 12.3. The van der Waals surface area contributed by atoms with E-state index in [4.69, 9.17) is 0 Å². The summed E-state index contributed by atoms with van der Waals surface area (Å²) in [6.45, 7) is 4.86. The van der Waals surface area contributed by atoms with Gasteiger partial charge in [-0.25, -0.2) is 0 Å². The van der Waals surface area contributed by atoms with Gasteiger partial charge in [-0.15, -0.1) is 10.2 Å². The topological polar surface area (TPSA) is 242 Å².